The zero-order valence-electron chi connectivity index (χ0n) is 7.93. The van der Waals surface area contributed by atoms with E-state index in [1.165, 1.54) is 12.3 Å². The first kappa shape index (κ1) is 10.5. The summed E-state index contributed by atoms with van der Waals surface area (Å²) in [4.78, 5) is 13.8. The van der Waals surface area contributed by atoms with Crippen molar-refractivity contribution in [3.05, 3.63) is 22.4 Å². The number of aromatic nitrogens is 1. The van der Waals surface area contributed by atoms with E-state index in [-0.39, 0.29) is 23.1 Å². The van der Waals surface area contributed by atoms with Crippen LogP contribution in [0.4, 0.5) is 5.69 Å². The second-order valence-corrected chi connectivity index (χ2v) is 3.02. The van der Waals surface area contributed by atoms with Gasteiger partial charge in [-0.05, 0) is 13.8 Å². The standard InChI is InChI=1S/C8H9BN2O3/c1-5(2)14-8-7(11(12)13)3-6(9)4-10-8/h3-5H,1-2H3. The Hall–Kier alpha value is -1.59. The number of hydrogen-bond donors (Lipinski definition) is 0. The molecule has 1 aromatic heterocycles. The Morgan fingerprint density at radius 2 is 2.29 bits per heavy atom. The highest BCUT2D eigenvalue weighted by molar-refractivity contribution is 6.32. The van der Waals surface area contributed by atoms with Crippen LogP contribution in [0.15, 0.2) is 12.3 Å². The van der Waals surface area contributed by atoms with Gasteiger partial charge in [-0.25, -0.2) is 4.98 Å². The van der Waals surface area contributed by atoms with E-state index in [1.54, 1.807) is 13.8 Å². The van der Waals surface area contributed by atoms with Crippen LogP contribution < -0.4 is 10.2 Å². The number of nitrogens with zero attached hydrogens (tertiary/aromatic N) is 2. The average molecular weight is 192 g/mol. The summed E-state index contributed by atoms with van der Waals surface area (Å²) in [6.07, 6.45) is 1.16. The molecule has 0 spiro atoms. The van der Waals surface area contributed by atoms with E-state index >= 15 is 0 Å². The van der Waals surface area contributed by atoms with Crippen LogP contribution in [0.2, 0.25) is 0 Å². The molecule has 6 heteroatoms. The van der Waals surface area contributed by atoms with Gasteiger partial charge in [-0.15, -0.1) is 0 Å². The van der Waals surface area contributed by atoms with Crippen molar-refractivity contribution >= 4 is 19.0 Å². The summed E-state index contributed by atoms with van der Waals surface area (Å²) in [5.41, 5.74) is 0.0338. The SMILES string of the molecule is [B]c1cnc(OC(C)C)c([N+](=O)[O-])c1. The van der Waals surface area contributed by atoms with Gasteiger partial charge in [0.15, 0.2) is 0 Å². The molecule has 1 aromatic rings. The molecule has 0 aromatic carbocycles. The first-order chi connectivity index (χ1) is 6.50. The van der Waals surface area contributed by atoms with Crippen LogP contribution in [-0.4, -0.2) is 23.9 Å². The van der Waals surface area contributed by atoms with Crippen LogP contribution in [0.1, 0.15) is 13.8 Å². The Morgan fingerprint density at radius 3 is 2.79 bits per heavy atom. The lowest BCUT2D eigenvalue weighted by Gasteiger charge is -2.08. The van der Waals surface area contributed by atoms with Crippen molar-refractivity contribution in [2.75, 3.05) is 0 Å². The van der Waals surface area contributed by atoms with Gasteiger partial charge in [0.05, 0.1) is 11.0 Å². The molecular formula is C8H9BN2O3. The quantitative estimate of drug-likeness (QED) is 0.399. The smallest absolute Gasteiger partial charge is 0.330 e. The number of rotatable bonds is 3. The molecular weight excluding hydrogens is 183 g/mol. The van der Waals surface area contributed by atoms with Crippen LogP contribution >= 0.6 is 0 Å². The van der Waals surface area contributed by atoms with Crippen LogP contribution in [0.5, 0.6) is 5.88 Å². The highest BCUT2D eigenvalue weighted by Gasteiger charge is 2.17. The zero-order chi connectivity index (χ0) is 10.7. The van der Waals surface area contributed by atoms with Crippen molar-refractivity contribution in [2.24, 2.45) is 0 Å². The summed E-state index contributed by atoms with van der Waals surface area (Å²) in [6, 6.07) is 1.23. The van der Waals surface area contributed by atoms with Gasteiger partial charge in [-0.3, -0.25) is 10.1 Å². The van der Waals surface area contributed by atoms with Crippen LogP contribution in [0, 0.1) is 10.1 Å². The van der Waals surface area contributed by atoms with Gasteiger partial charge in [0, 0.05) is 12.3 Å². The molecule has 0 aliphatic heterocycles. The van der Waals surface area contributed by atoms with E-state index in [2.05, 4.69) is 4.98 Å². The van der Waals surface area contributed by atoms with Gasteiger partial charge in [-0.1, -0.05) is 5.46 Å². The lowest BCUT2D eigenvalue weighted by atomic mass is 9.98. The van der Waals surface area contributed by atoms with E-state index in [4.69, 9.17) is 12.6 Å². The second-order valence-electron chi connectivity index (χ2n) is 3.02. The topological polar surface area (TPSA) is 65.3 Å². The highest BCUT2D eigenvalue weighted by Crippen LogP contribution is 2.22. The third-order valence-electron chi connectivity index (χ3n) is 1.40. The summed E-state index contributed by atoms with van der Waals surface area (Å²) in [6.45, 7) is 3.53. The molecule has 1 rings (SSSR count). The lowest BCUT2D eigenvalue weighted by molar-refractivity contribution is -0.386. The van der Waals surface area contributed by atoms with Gasteiger partial charge in [0.2, 0.25) is 0 Å². The number of pyridine rings is 1. The minimum absolute atomic E-state index is 0.000741. The summed E-state index contributed by atoms with van der Waals surface area (Å²) in [7, 11) is 5.37. The molecule has 0 amide bonds. The summed E-state index contributed by atoms with van der Waals surface area (Å²) in [5.74, 6) is -0.000741. The summed E-state index contributed by atoms with van der Waals surface area (Å²) < 4.78 is 5.15. The van der Waals surface area contributed by atoms with Crippen molar-refractivity contribution in [3.8, 4) is 5.88 Å². The maximum absolute atomic E-state index is 10.6. The number of hydrogen-bond acceptors (Lipinski definition) is 4. The van der Waals surface area contributed by atoms with Gasteiger partial charge in [-0.2, -0.15) is 0 Å². The van der Waals surface area contributed by atoms with Crippen molar-refractivity contribution in [1.29, 1.82) is 0 Å². The van der Waals surface area contributed by atoms with Gasteiger partial charge in [0.1, 0.15) is 7.85 Å². The molecule has 0 N–H and O–H groups in total. The average Bonchev–Trinajstić information content (AvgIpc) is 2.07. The molecule has 1 heterocycles. The van der Waals surface area contributed by atoms with Gasteiger partial charge >= 0.3 is 5.69 Å². The van der Waals surface area contributed by atoms with Crippen molar-refractivity contribution in [3.63, 3.8) is 0 Å². The Bertz CT molecular complexity index is 354. The fourth-order valence-corrected chi connectivity index (χ4v) is 0.901. The van der Waals surface area contributed by atoms with Crippen LogP contribution in [0.3, 0.4) is 0 Å². The predicted molar refractivity (Wildman–Crippen MR) is 52.0 cm³/mol. The second kappa shape index (κ2) is 4.08. The normalized spacial score (nSPS) is 10.2. The Morgan fingerprint density at radius 1 is 1.64 bits per heavy atom. The lowest BCUT2D eigenvalue weighted by Crippen LogP contribution is -2.12. The minimum atomic E-state index is -0.568. The largest absolute Gasteiger partial charge is 0.470 e. The van der Waals surface area contributed by atoms with E-state index < -0.39 is 4.92 Å². The van der Waals surface area contributed by atoms with Crippen molar-refractivity contribution in [1.82, 2.24) is 4.98 Å². The van der Waals surface area contributed by atoms with Gasteiger partial charge in [0.25, 0.3) is 5.88 Å². The maximum Gasteiger partial charge on any atom is 0.330 e. The molecule has 0 fully saturated rings. The number of ether oxygens (including phenoxy) is 1. The Labute approximate surface area is 82.7 Å². The third-order valence-corrected chi connectivity index (χ3v) is 1.40. The first-order valence-corrected chi connectivity index (χ1v) is 4.07. The highest BCUT2D eigenvalue weighted by atomic mass is 16.6. The molecule has 2 radical (unpaired) electrons. The summed E-state index contributed by atoms with van der Waals surface area (Å²) >= 11 is 0. The fraction of sp³-hybridized carbons (Fsp3) is 0.375. The summed E-state index contributed by atoms with van der Waals surface area (Å²) in [5, 5.41) is 10.6. The third kappa shape index (κ3) is 2.45. The molecule has 0 saturated carbocycles. The molecule has 5 nitrogen and oxygen atoms in total. The van der Waals surface area contributed by atoms with Crippen molar-refractivity contribution < 1.29 is 9.66 Å². The molecule has 0 bridgehead atoms. The zero-order valence-corrected chi connectivity index (χ0v) is 7.93. The molecule has 72 valence electrons. The Kier molecular flexibility index (Phi) is 3.06. The van der Waals surface area contributed by atoms with E-state index in [1.807, 2.05) is 0 Å². The van der Waals surface area contributed by atoms with E-state index in [0.29, 0.717) is 0 Å². The predicted octanol–water partition coefficient (Wildman–Crippen LogP) is 0.571. The molecule has 0 unspecified atom stereocenters. The van der Waals surface area contributed by atoms with Gasteiger partial charge < -0.3 is 4.74 Å². The molecule has 14 heavy (non-hydrogen) atoms. The number of nitro groups is 1. The van der Waals surface area contributed by atoms with E-state index in [9.17, 15) is 10.1 Å². The molecule has 0 saturated heterocycles. The molecule has 0 atom stereocenters. The van der Waals surface area contributed by atoms with Crippen LogP contribution in [-0.2, 0) is 0 Å². The van der Waals surface area contributed by atoms with Crippen LogP contribution in [0.25, 0.3) is 0 Å². The maximum atomic E-state index is 10.6. The molecule has 0 aliphatic rings. The Balaban J connectivity index is 3.08. The first-order valence-electron chi connectivity index (χ1n) is 4.07. The fourth-order valence-electron chi connectivity index (χ4n) is 0.901. The van der Waals surface area contributed by atoms with Crippen molar-refractivity contribution in [2.45, 2.75) is 20.0 Å². The minimum Gasteiger partial charge on any atom is -0.470 e. The van der Waals surface area contributed by atoms with E-state index in [0.717, 1.165) is 0 Å². The molecule has 0 aliphatic carbocycles. The monoisotopic (exact) mass is 192 g/mol.